The summed E-state index contributed by atoms with van der Waals surface area (Å²) < 4.78 is 0. The number of aliphatic hydroxyl groups is 1. The zero-order valence-corrected chi connectivity index (χ0v) is 18.2. The van der Waals surface area contributed by atoms with E-state index in [0.29, 0.717) is 5.56 Å². The fourth-order valence-electron chi connectivity index (χ4n) is 2.38. The van der Waals surface area contributed by atoms with Gasteiger partial charge in [-0.1, -0.05) is 12.1 Å². The first-order valence-electron chi connectivity index (χ1n) is 9.12. The van der Waals surface area contributed by atoms with Crippen LogP contribution in [0.1, 0.15) is 5.56 Å². The molecule has 0 fully saturated rings. The topological polar surface area (TPSA) is 191 Å². The highest BCUT2D eigenvalue weighted by Crippen LogP contribution is 2.11. The Balaban J connectivity index is 2.69. The quantitative estimate of drug-likeness (QED) is 0.150. The highest BCUT2D eigenvalue weighted by molar-refractivity contribution is 7.80. The summed E-state index contributed by atoms with van der Waals surface area (Å²) in [6, 6.07) is 1.20. The number of benzene rings is 1. The largest absolute Gasteiger partial charge is 0.508 e. The van der Waals surface area contributed by atoms with Crippen molar-refractivity contribution < 1.29 is 34.5 Å². The molecule has 4 atom stereocenters. The van der Waals surface area contributed by atoms with E-state index in [-0.39, 0.29) is 23.7 Å². The maximum atomic E-state index is 12.4. The smallest absolute Gasteiger partial charge is 0.327 e. The lowest BCUT2D eigenvalue weighted by atomic mass is 10.1. The molecule has 0 saturated heterocycles. The van der Waals surface area contributed by atoms with Gasteiger partial charge in [0, 0.05) is 11.5 Å². The number of carboxylic acid groups (broad SMARTS) is 1. The number of thiol groups is 2. The number of aliphatic carboxylic acids is 1. The van der Waals surface area contributed by atoms with E-state index in [2.05, 4.69) is 41.2 Å². The van der Waals surface area contributed by atoms with Crippen molar-refractivity contribution in [1.82, 2.24) is 16.0 Å². The van der Waals surface area contributed by atoms with Gasteiger partial charge in [-0.2, -0.15) is 25.3 Å². The normalized spacial score (nSPS) is 14.6. The Morgan fingerprint density at radius 2 is 1.35 bits per heavy atom. The van der Waals surface area contributed by atoms with Gasteiger partial charge in [-0.25, -0.2) is 4.79 Å². The lowest BCUT2D eigenvalue weighted by Crippen LogP contribution is -2.58. The predicted molar refractivity (Wildman–Crippen MR) is 118 cm³/mol. The molecule has 0 radical (unpaired) electrons. The van der Waals surface area contributed by atoms with E-state index in [0.717, 1.165) is 0 Å². The molecule has 4 unspecified atom stereocenters. The summed E-state index contributed by atoms with van der Waals surface area (Å²) in [5.74, 6) is -3.96. The van der Waals surface area contributed by atoms with E-state index < -0.39 is 54.5 Å². The van der Waals surface area contributed by atoms with E-state index in [1.54, 1.807) is 12.1 Å². The minimum absolute atomic E-state index is 0.0695. The summed E-state index contributed by atoms with van der Waals surface area (Å²) in [5.41, 5.74) is 6.56. The summed E-state index contributed by atoms with van der Waals surface area (Å²) in [4.78, 5) is 47.9. The second-order valence-corrected chi connectivity index (χ2v) is 7.28. The molecular formula is C18H26N4O7S2. The van der Waals surface area contributed by atoms with Crippen molar-refractivity contribution in [3.05, 3.63) is 29.8 Å². The van der Waals surface area contributed by atoms with Crippen LogP contribution in [0.3, 0.4) is 0 Å². The molecule has 1 rings (SSSR count). The average Bonchev–Trinajstić information content (AvgIpc) is 2.74. The van der Waals surface area contributed by atoms with Gasteiger partial charge in [-0.3, -0.25) is 14.4 Å². The van der Waals surface area contributed by atoms with Crippen molar-refractivity contribution in [3.8, 4) is 5.75 Å². The zero-order valence-electron chi connectivity index (χ0n) is 16.4. The Kier molecular flexibility index (Phi) is 11.2. The Labute approximate surface area is 189 Å². The van der Waals surface area contributed by atoms with Crippen molar-refractivity contribution >= 4 is 48.9 Å². The van der Waals surface area contributed by atoms with Crippen LogP contribution in [0, 0.1) is 0 Å². The van der Waals surface area contributed by atoms with Gasteiger partial charge in [0.2, 0.25) is 17.7 Å². The SMILES string of the molecule is NC(Cc1ccc(O)cc1)C(=O)NC(CS)C(=O)NC(CO)C(=O)NC(CS)C(=O)O. The number of hydrogen-bond acceptors (Lipinski definition) is 9. The highest BCUT2D eigenvalue weighted by Gasteiger charge is 2.29. The Morgan fingerprint density at radius 3 is 1.84 bits per heavy atom. The molecule has 3 amide bonds. The third-order valence-corrected chi connectivity index (χ3v) is 4.89. The molecule has 0 aliphatic rings. The van der Waals surface area contributed by atoms with Crippen LogP contribution in [-0.4, -0.2) is 81.3 Å². The number of aromatic hydroxyl groups is 1. The van der Waals surface area contributed by atoms with Gasteiger partial charge in [0.1, 0.15) is 23.9 Å². The van der Waals surface area contributed by atoms with Gasteiger partial charge in [-0.05, 0) is 24.1 Å². The number of nitrogens with one attached hydrogen (secondary N) is 3. The summed E-state index contributed by atoms with van der Waals surface area (Å²) in [6.45, 7) is -0.801. The number of amides is 3. The summed E-state index contributed by atoms with van der Waals surface area (Å²) >= 11 is 7.83. The maximum absolute atomic E-state index is 12.4. The minimum atomic E-state index is -1.45. The zero-order chi connectivity index (χ0) is 23.6. The molecule has 172 valence electrons. The second-order valence-electron chi connectivity index (χ2n) is 6.55. The van der Waals surface area contributed by atoms with E-state index >= 15 is 0 Å². The van der Waals surface area contributed by atoms with Gasteiger partial charge in [0.25, 0.3) is 0 Å². The van der Waals surface area contributed by atoms with Crippen molar-refractivity contribution in [3.63, 3.8) is 0 Å². The molecule has 0 aromatic heterocycles. The molecule has 31 heavy (non-hydrogen) atoms. The van der Waals surface area contributed by atoms with Crippen LogP contribution in [0.2, 0.25) is 0 Å². The fourth-order valence-corrected chi connectivity index (χ4v) is 2.88. The lowest BCUT2D eigenvalue weighted by molar-refractivity contribution is -0.141. The van der Waals surface area contributed by atoms with E-state index in [4.69, 9.17) is 10.8 Å². The van der Waals surface area contributed by atoms with Gasteiger partial charge < -0.3 is 37.0 Å². The molecule has 0 saturated carbocycles. The van der Waals surface area contributed by atoms with Crippen molar-refractivity contribution in [2.45, 2.75) is 30.6 Å². The molecule has 11 nitrogen and oxygen atoms in total. The van der Waals surface area contributed by atoms with Crippen LogP contribution in [0.5, 0.6) is 5.75 Å². The first kappa shape index (κ1) is 26.6. The standard InChI is InChI=1S/C18H26N4O7S2/c19-11(5-9-1-3-10(24)4-2-9)15(25)21-13(7-30)17(27)20-12(6-23)16(26)22-14(8-31)18(28)29/h1-4,11-14,23-24,30-31H,5-8,19H2,(H,20,27)(H,21,25)(H,22,26)(H,28,29). The summed E-state index contributed by atoms with van der Waals surface area (Å²) in [6.07, 6.45) is 0.148. The number of carboxylic acids is 1. The average molecular weight is 475 g/mol. The molecule has 0 spiro atoms. The second kappa shape index (κ2) is 13.0. The summed E-state index contributed by atoms with van der Waals surface area (Å²) in [7, 11) is 0. The molecule has 0 aliphatic carbocycles. The molecule has 1 aromatic carbocycles. The van der Waals surface area contributed by atoms with E-state index in [1.807, 2.05) is 0 Å². The highest BCUT2D eigenvalue weighted by atomic mass is 32.1. The number of hydrogen-bond donors (Lipinski definition) is 9. The van der Waals surface area contributed by atoms with Gasteiger partial charge in [0.05, 0.1) is 12.6 Å². The van der Waals surface area contributed by atoms with E-state index in [9.17, 15) is 29.4 Å². The first-order valence-corrected chi connectivity index (χ1v) is 10.4. The number of aliphatic hydroxyl groups excluding tert-OH is 1. The Bertz CT molecular complexity index is 779. The van der Waals surface area contributed by atoms with Crippen molar-refractivity contribution in [2.75, 3.05) is 18.1 Å². The van der Waals surface area contributed by atoms with Crippen LogP contribution >= 0.6 is 25.3 Å². The molecule has 0 aliphatic heterocycles. The number of nitrogens with two attached hydrogens (primary N) is 1. The van der Waals surface area contributed by atoms with Gasteiger partial charge in [-0.15, -0.1) is 0 Å². The third-order valence-electron chi connectivity index (χ3n) is 4.16. The number of carbonyl (C=O) groups is 4. The molecule has 0 bridgehead atoms. The first-order chi connectivity index (χ1) is 14.6. The molecule has 8 N–H and O–H groups in total. The van der Waals surface area contributed by atoms with Crippen LogP contribution in [0.15, 0.2) is 24.3 Å². The predicted octanol–water partition coefficient (Wildman–Crippen LogP) is -2.35. The lowest BCUT2D eigenvalue weighted by Gasteiger charge is -2.23. The van der Waals surface area contributed by atoms with Gasteiger partial charge >= 0.3 is 5.97 Å². The Hall–Kier alpha value is -2.48. The molecule has 1 aromatic rings. The van der Waals surface area contributed by atoms with Crippen LogP contribution in [-0.2, 0) is 25.6 Å². The minimum Gasteiger partial charge on any atom is -0.508 e. The Morgan fingerprint density at radius 1 is 0.871 bits per heavy atom. The molecule has 13 heteroatoms. The number of phenols is 1. The van der Waals surface area contributed by atoms with Crippen LogP contribution < -0.4 is 21.7 Å². The maximum Gasteiger partial charge on any atom is 0.327 e. The van der Waals surface area contributed by atoms with Gasteiger partial charge in [0.15, 0.2) is 0 Å². The van der Waals surface area contributed by atoms with Crippen molar-refractivity contribution in [2.24, 2.45) is 5.73 Å². The third kappa shape index (κ3) is 8.65. The fraction of sp³-hybridized carbons (Fsp3) is 0.444. The monoisotopic (exact) mass is 474 g/mol. The number of rotatable bonds is 12. The number of phenolic OH excluding ortho intramolecular Hbond substituents is 1. The molecule has 0 heterocycles. The number of carbonyl (C=O) groups excluding carboxylic acids is 3. The molecular weight excluding hydrogens is 448 g/mol. The summed E-state index contributed by atoms with van der Waals surface area (Å²) in [5, 5.41) is 34.4. The van der Waals surface area contributed by atoms with E-state index in [1.165, 1.54) is 12.1 Å². The van der Waals surface area contributed by atoms with Crippen LogP contribution in [0.4, 0.5) is 0 Å². The van der Waals surface area contributed by atoms with Crippen LogP contribution in [0.25, 0.3) is 0 Å². The van der Waals surface area contributed by atoms with Crippen molar-refractivity contribution in [1.29, 1.82) is 0 Å².